The first kappa shape index (κ1) is 27.9. The maximum Gasteiger partial charge on any atom is 0.422 e. The van der Waals surface area contributed by atoms with Crippen molar-refractivity contribution in [2.45, 2.75) is 49.9 Å². The van der Waals surface area contributed by atoms with Gasteiger partial charge in [-0.15, -0.1) is 11.8 Å². The third-order valence-corrected chi connectivity index (χ3v) is 8.26. The van der Waals surface area contributed by atoms with Gasteiger partial charge in [-0.2, -0.15) is 13.2 Å². The number of carbonyl (C=O) groups is 4. The number of esters is 1. The van der Waals surface area contributed by atoms with Crippen molar-refractivity contribution in [3.63, 3.8) is 0 Å². The molecule has 4 N–H and O–H groups in total. The molecular formula is C24H26F3N3O7S. The fourth-order valence-electron chi connectivity index (χ4n) is 5.04. The monoisotopic (exact) mass is 557 g/mol. The number of aliphatic hydroxyl groups is 1. The lowest BCUT2D eigenvalue weighted by Crippen LogP contribution is -2.63. The standard InChI is InChI=1S/C24H26F3N3O7S/c1-10-17-16(11(2)31)21(33)30(17)18(22(34)35)19(10)38-14-7-15(28-8-14)20(32)29-13-5-3-4-12(6-13)23(36)37-9-24(25,26)27/h3-6,10-11,14-17,28,31H,7-9H2,1-2H3,(H,29,32)(H,34,35)/t10-,11-,14+,15+,16-,17-/m1/s1. The van der Waals surface area contributed by atoms with Crippen LogP contribution in [0.3, 0.4) is 0 Å². The number of benzene rings is 1. The number of aliphatic carboxylic acids is 1. The van der Waals surface area contributed by atoms with Crippen molar-refractivity contribution >= 4 is 41.2 Å². The smallest absolute Gasteiger partial charge is 0.422 e. The number of nitrogens with zero attached hydrogens (tertiary/aromatic N) is 1. The van der Waals surface area contributed by atoms with Crippen molar-refractivity contribution < 1.29 is 47.3 Å². The van der Waals surface area contributed by atoms with Crippen molar-refractivity contribution in [2.24, 2.45) is 11.8 Å². The van der Waals surface area contributed by atoms with Gasteiger partial charge >= 0.3 is 18.1 Å². The summed E-state index contributed by atoms with van der Waals surface area (Å²) in [6, 6.07) is 4.27. The van der Waals surface area contributed by atoms with Gasteiger partial charge in [-0.1, -0.05) is 13.0 Å². The summed E-state index contributed by atoms with van der Waals surface area (Å²) in [7, 11) is 0. The highest BCUT2D eigenvalue weighted by Crippen LogP contribution is 2.51. The molecule has 6 atom stereocenters. The van der Waals surface area contributed by atoms with Crippen molar-refractivity contribution in [2.75, 3.05) is 18.5 Å². The second-order valence-corrected chi connectivity index (χ2v) is 10.8. The van der Waals surface area contributed by atoms with Gasteiger partial charge in [-0.05, 0) is 31.5 Å². The number of fused-ring (bicyclic) bond motifs is 1. The van der Waals surface area contributed by atoms with Gasteiger partial charge in [0.2, 0.25) is 11.8 Å². The fourth-order valence-corrected chi connectivity index (χ4v) is 6.51. The number of anilines is 1. The average molecular weight is 558 g/mol. The van der Waals surface area contributed by atoms with Gasteiger partial charge in [0.1, 0.15) is 5.70 Å². The third-order valence-electron chi connectivity index (χ3n) is 6.74. The lowest BCUT2D eigenvalue weighted by molar-refractivity contribution is -0.163. The number of carbonyl (C=O) groups excluding carboxylic acids is 3. The molecule has 10 nitrogen and oxygen atoms in total. The number of hydrogen-bond acceptors (Lipinski definition) is 8. The number of carboxylic acids is 1. The fraction of sp³-hybridized carbons (Fsp3) is 0.500. The number of thioether (sulfide) groups is 1. The molecule has 3 aliphatic heterocycles. The SMILES string of the molecule is C[C@@H](O)[C@H]1C(=O)N2C(C(=O)O)=C(S[C@@H]3CN[C@H](C(=O)Nc4cccc(C(=O)OCC(F)(F)F)c4)C3)[C@H](C)[C@H]12. The van der Waals surface area contributed by atoms with E-state index >= 15 is 0 Å². The zero-order valence-corrected chi connectivity index (χ0v) is 21.1. The Hall–Kier alpha value is -3.10. The highest BCUT2D eigenvalue weighted by atomic mass is 32.2. The molecule has 1 aromatic rings. The molecule has 3 heterocycles. The summed E-state index contributed by atoms with van der Waals surface area (Å²) < 4.78 is 41.1. The van der Waals surface area contributed by atoms with E-state index in [2.05, 4.69) is 15.4 Å². The van der Waals surface area contributed by atoms with Crippen molar-refractivity contribution in [3.05, 3.63) is 40.4 Å². The minimum atomic E-state index is -4.66. The van der Waals surface area contributed by atoms with Crippen LogP contribution in [0.1, 0.15) is 30.6 Å². The van der Waals surface area contributed by atoms with Crippen LogP contribution < -0.4 is 10.6 Å². The summed E-state index contributed by atoms with van der Waals surface area (Å²) in [4.78, 5) is 51.0. The summed E-state index contributed by atoms with van der Waals surface area (Å²) in [6.07, 6.45) is -5.23. The molecule has 0 saturated carbocycles. The van der Waals surface area contributed by atoms with Crippen molar-refractivity contribution in [1.29, 1.82) is 0 Å². The van der Waals surface area contributed by atoms with E-state index in [1.165, 1.54) is 47.9 Å². The Morgan fingerprint density at radius 1 is 1.32 bits per heavy atom. The molecule has 0 unspecified atom stereocenters. The van der Waals surface area contributed by atoms with Crippen LogP contribution in [-0.4, -0.2) is 81.6 Å². The zero-order valence-electron chi connectivity index (χ0n) is 20.3. The van der Waals surface area contributed by atoms with Crippen LogP contribution in [0.4, 0.5) is 18.9 Å². The van der Waals surface area contributed by atoms with Crippen LogP contribution in [0.5, 0.6) is 0 Å². The van der Waals surface area contributed by atoms with E-state index in [1.807, 2.05) is 6.92 Å². The highest BCUT2D eigenvalue weighted by molar-refractivity contribution is 8.03. The quantitative estimate of drug-likeness (QED) is 0.278. The summed E-state index contributed by atoms with van der Waals surface area (Å²) in [5, 5.41) is 25.3. The molecule has 4 rings (SSSR count). The Morgan fingerprint density at radius 3 is 2.66 bits per heavy atom. The third kappa shape index (κ3) is 5.52. The first-order chi connectivity index (χ1) is 17.8. The second-order valence-electron chi connectivity index (χ2n) is 9.47. The summed E-state index contributed by atoms with van der Waals surface area (Å²) >= 11 is 1.29. The van der Waals surface area contributed by atoms with Crippen LogP contribution in [-0.2, 0) is 19.1 Å². The van der Waals surface area contributed by atoms with E-state index in [-0.39, 0.29) is 28.1 Å². The molecule has 206 valence electrons. The molecule has 0 spiro atoms. The largest absolute Gasteiger partial charge is 0.477 e. The van der Waals surface area contributed by atoms with E-state index in [0.717, 1.165) is 0 Å². The second kappa shape index (κ2) is 10.6. The van der Waals surface area contributed by atoms with E-state index in [4.69, 9.17) is 0 Å². The average Bonchev–Trinajstić information content (AvgIpc) is 3.39. The Kier molecular flexibility index (Phi) is 7.77. The molecule has 14 heteroatoms. The van der Waals surface area contributed by atoms with Gasteiger partial charge in [0.15, 0.2) is 6.61 Å². The number of rotatable bonds is 8. The number of alkyl halides is 3. The van der Waals surface area contributed by atoms with Gasteiger partial charge in [-0.25, -0.2) is 9.59 Å². The Morgan fingerprint density at radius 2 is 2.03 bits per heavy atom. The molecule has 38 heavy (non-hydrogen) atoms. The number of carboxylic acid groups (broad SMARTS) is 1. The molecule has 2 saturated heterocycles. The number of hydrogen-bond donors (Lipinski definition) is 4. The van der Waals surface area contributed by atoms with E-state index in [9.17, 15) is 42.6 Å². The predicted octanol–water partition coefficient (Wildman–Crippen LogP) is 1.96. The zero-order chi connectivity index (χ0) is 27.9. The van der Waals surface area contributed by atoms with Crippen LogP contribution in [0.2, 0.25) is 0 Å². The predicted molar refractivity (Wildman–Crippen MR) is 129 cm³/mol. The van der Waals surface area contributed by atoms with Gasteiger partial charge in [0.05, 0.1) is 29.7 Å². The molecule has 3 aliphatic rings. The number of amides is 2. The molecular weight excluding hydrogens is 531 g/mol. The van der Waals surface area contributed by atoms with Crippen LogP contribution in [0.25, 0.3) is 0 Å². The number of aliphatic hydroxyl groups excluding tert-OH is 1. The van der Waals surface area contributed by atoms with Crippen LogP contribution in [0.15, 0.2) is 34.9 Å². The van der Waals surface area contributed by atoms with Gasteiger partial charge in [0.25, 0.3) is 0 Å². The molecule has 2 amide bonds. The van der Waals surface area contributed by atoms with Gasteiger partial charge in [-0.3, -0.25) is 9.59 Å². The molecule has 0 aliphatic carbocycles. The van der Waals surface area contributed by atoms with E-state index in [1.54, 1.807) is 0 Å². The molecule has 2 fully saturated rings. The number of β-lactam (4-membered cyclic amide) rings is 1. The Labute approximate surface area is 219 Å². The van der Waals surface area contributed by atoms with E-state index in [0.29, 0.717) is 17.9 Å². The van der Waals surface area contributed by atoms with E-state index < -0.39 is 60.6 Å². The summed E-state index contributed by atoms with van der Waals surface area (Å²) in [5.74, 6) is -4.23. The van der Waals surface area contributed by atoms with Gasteiger partial charge in [0, 0.05) is 28.3 Å². The minimum absolute atomic E-state index is 0.0866. The summed E-state index contributed by atoms with van der Waals surface area (Å²) in [5.41, 5.74) is -0.0453. The molecule has 0 aromatic heterocycles. The van der Waals surface area contributed by atoms with Crippen molar-refractivity contribution in [3.8, 4) is 0 Å². The Balaban J connectivity index is 1.38. The van der Waals surface area contributed by atoms with Crippen LogP contribution in [0, 0.1) is 11.8 Å². The minimum Gasteiger partial charge on any atom is -0.477 e. The van der Waals surface area contributed by atoms with Crippen LogP contribution >= 0.6 is 11.8 Å². The van der Waals surface area contributed by atoms with Crippen molar-refractivity contribution in [1.82, 2.24) is 10.2 Å². The molecule has 1 aromatic carbocycles. The number of halogens is 3. The first-order valence-electron chi connectivity index (χ1n) is 11.8. The lowest BCUT2D eigenvalue weighted by atomic mass is 9.79. The Bertz CT molecular complexity index is 1190. The topological polar surface area (TPSA) is 145 Å². The lowest BCUT2D eigenvalue weighted by Gasteiger charge is -2.46. The maximum absolute atomic E-state index is 12.8. The highest BCUT2D eigenvalue weighted by Gasteiger charge is 2.60. The van der Waals surface area contributed by atoms with Gasteiger partial charge < -0.3 is 30.5 Å². The molecule has 0 radical (unpaired) electrons. The normalized spacial score (nSPS) is 27.6. The molecule has 0 bridgehead atoms. The number of nitrogens with one attached hydrogen (secondary N) is 2. The first-order valence-corrected chi connectivity index (χ1v) is 12.7. The summed E-state index contributed by atoms with van der Waals surface area (Å²) in [6.45, 7) is 1.98. The number of ether oxygens (including phenoxy) is 1. The maximum atomic E-state index is 12.8.